The lowest BCUT2D eigenvalue weighted by atomic mass is 9.79. The van der Waals surface area contributed by atoms with Crippen LogP contribution in [0.15, 0.2) is 54.6 Å². The number of ether oxygens (including phenoxy) is 1. The Hall–Kier alpha value is -2.28. The lowest BCUT2D eigenvalue weighted by molar-refractivity contribution is 0.316. The number of aryl methyl sites for hydroxylation is 2. The number of rotatable bonds is 5. The van der Waals surface area contributed by atoms with E-state index in [1.54, 1.807) is 0 Å². The van der Waals surface area contributed by atoms with E-state index >= 15 is 0 Å². The smallest absolute Gasteiger partial charge is 0.119 e. The molecule has 0 radical (unpaired) electrons. The first-order valence-electron chi connectivity index (χ1n) is 10.0. The Bertz CT molecular complexity index is 909. The second-order valence-electron chi connectivity index (χ2n) is 7.51. The maximum absolute atomic E-state index is 5.80. The Balaban J connectivity index is 1.55. The van der Waals surface area contributed by atoms with E-state index in [1.807, 2.05) is 0 Å². The average Bonchev–Trinajstić information content (AvgIpc) is 2.70. The van der Waals surface area contributed by atoms with E-state index in [1.165, 1.54) is 39.4 Å². The van der Waals surface area contributed by atoms with Crippen LogP contribution in [0.5, 0.6) is 5.75 Å². The summed E-state index contributed by atoms with van der Waals surface area (Å²) in [6.07, 6.45) is 5.67. The van der Waals surface area contributed by atoms with Crippen molar-refractivity contribution in [2.45, 2.75) is 51.9 Å². The molecule has 1 unspecified atom stereocenters. The molecule has 1 aliphatic rings. The van der Waals surface area contributed by atoms with Crippen molar-refractivity contribution in [2.24, 2.45) is 0 Å². The molecular weight excluding hydrogens is 316 g/mol. The monoisotopic (exact) mass is 344 g/mol. The Kier molecular flexibility index (Phi) is 4.97. The van der Waals surface area contributed by atoms with Gasteiger partial charge in [-0.1, -0.05) is 56.3 Å². The van der Waals surface area contributed by atoms with E-state index in [4.69, 9.17) is 4.74 Å². The van der Waals surface area contributed by atoms with Gasteiger partial charge in [0.2, 0.25) is 0 Å². The van der Waals surface area contributed by atoms with Crippen LogP contribution in [-0.2, 0) is 19.3 Å². The second-order valence-corrected chi connectivity index (χ2v) is 7.51. The van der Waals surface area contributed by atoms with Gasteiger partial charge in [0.25, 0.3) is 0 Å². The van der Waals surface area contributed by atoms with Crippen LogP contribution in [-0.4, -0.2) is 6.61 Å². The number of hydrogen-bond acceptors (Lipinski definition) is 1. The summed E-state index contributed by atoms with van der Waals surface area (Å²) in [5, 5.41) is 2.73. The van der Waals surface area contributed by atoms with Gasteiger partial charge in [0.15, 0.2) is 0 Å². The molecule has 0 bridgehead atoms. The molecule has 0 aliphatic heterocycles. The van der Waals surface area contributed by atoms with Crippen molar-refractivity contribution >= 4 is 10.8 Å². The number of hydrogen-bond donors (Lipinski definition) is 0. The highest BCUT2D eigenvalue weighted by atomic mass is 16.5. The minimum Gasteiger partial charge on any atom is -0.494 e. The third-order valence-electron chi connectivity index (χ3n) is 5.69. The molecule has 0 fully saturated rings. The molecule has 0 spiro atoms. The molecule has 1 heteroatoms. The van der Waals surface area contributed by atoms with Gasteiger partial charge in [-0.2, -0.15) is 0 Å². The molecule has 4 rings (SSSR count). The Morgan fingerprint density at radius 1 is 0.885 bits per heavy atom. The van der Waals surface area contributed by atoms with E-state index in [2.05, 4.69) is 68.4 Å². The summed E-state index contributed by atoms with van der Waals surface area (Å²) in [7, 11) is 0. The summed E-state index contributed by atoms with van der Waals surface area (Å²) in [6, 6.07) is 20.6. The van der Waals surface area contributed by atoms with Crippen LogP contribution in [0.25, 0.3) is 10.8 Å². The molecule has 0 N–H and O–H groups in total. The van der Waals surface area contributed by atoms with E-state index in [0.29, 0.717) is 5.92 Å². The van der Waals surface area contributed by atoms with Gasteiger partial charge >= 0.3 is 0 Å². The lowest BCUT2D eigenvalue weighted by Crippen LogP contribution is -2.13. The van der Waals surface area contributed by atoms with Crippen molar-refractivity contribution in [1.29, 1.82) is 0 Å². The normalized spacial score (nSPS) is 16.5. The van der Waals surface area contributed by atoms with Gasteiger partial charge in [0.05, 0.1) is 6.61 Å². The fourth-order valence-corrected chi connectivity index (χ4v) is 4.11. The van der Waals surface area contributed by atoms with Crippen molar-refractivity contribution in [2.75, 3.05) is 6.61 Å². The summed E-state index contributed by atoms with van der Waals surface area (Å²) in [5.74, 6) is 1.65. The zero-order valence-corrected chi connectivity index (χ0v) is 15.9. The summed E-state index contributed by atoms with van der Waals surface area (Å²) in [5.41, 5.74) is 5.87. The molecule has 0 saturated heterocycles. The summed E-state index contributed by atoms with van der Waals surface area (Å²) < 4.78 is 5.80. The Morgan fingerprint density at radius 2 is 1.73 bits per heavy atom. The van der Waals surface area contributed by atoms with Crippen molar-refractivity contribution < 1.29 is 4.74 Å². The van der Waals surface area contributed by atoms with Crippen LogP contribution in [0.1, 0.15) is 54.9 Å². The number of benzene rings is 3. The molecule has 26 heavy (non-hydrogen) atoms. The van der Waals surface area contributed by atoms with Crippen molar-refractivity contribution in [3.05, 3.63) is 76.9 Å². The second kappa shape index (κ2) is 7.53. The van der Waals surface area contributed by atoms with Crippen molar-refractivity contribution in [3.8, 4) is 5.75 Å². The molecule has 0 saturated carbocycles. The first kappa shape index (κ1) is 17.1. The minimum absolute atomic E-state index is 0.625. The molecule has 3 aromatic rings. The topological polar surface area (TPSA) is 9.23 Å². The van der Waals surface area contributed by atoms with Crippen molar-refractivity contribution in [3.63, 3.8) is 0 Å². The van der Waals surface area contributed by atoms with Gasteiger partial charge in [0.1, 0.15) is 5.75 Å². The zero-order valence-electron chi connectivity index (χ0n) is 15.9. The molecule has 3 aromatic carbocycles. The van der Waals surface area contributed by atoms with Gasteiger partial charge in [-0.3, -0.25) is 0 Å². The lowest BCUT2D eigenvalue weighted by Gasteiger charge is -2.26. The zero-order chi connectivity index (χ0) is 17.9. The molecule has 0 aromatic heterocycles. The van der Waals surface area contributed by atoms with Crippen LogP contribution in [0.4, 0.5) is 0 Å². The van der Waals surface area contributed by atoms with Gasteiger partial charge in [0, 0.05) is 0 Å². The predicted octanol–water partition coefficient (Wildman–Crippen LogP) is 6.46. The standard InChI is InChI=1S/C25H28O/c1-3-13-26-25-12-11-23-16-22(9-10-24(23)17-25)21-8-7-19-14-18(4-2)5-6-20(19)15-21/h5-8,11-12,14-15,17,22H,3-4,9-10,13,16H2,1-2H3. The Labute approximate surface area is 157 Å². The van der Waals surface area contributed by atoms with Crippen LogP contribution < -0.4 is 4.74 Å². The fraction of sp³-hybridized carbons (Fsp3) is 0.360. The highest BCUT2D eigenvalue weighted by molar-refractivity contribution is 5.84. The van der Waals surface area contributed by atoms with Gasteiger partial charge in [-0.05, 0) is 83.2 Å². The maximum Gasteiger partial charge on any atom is 0.119 e. The predicted molar refractivity (Wildman–Crippen MR) is 110 cm³/mol. The first-order valence-corrected chi connectivity index (χ1v) is 10.0. The van der Waals surface area contributed by atoms with E-state index < -0.39 is 0 Å². The summed E-state index contributed by atoms with van der Waals surface area (Å²) >= 11 is 0. The summed E-state index contributed by atoms with van der Waals surface area (Å²) in [4.78, 5) is 0. The first-order chi connectivity index (χ1) is 12.8. The summed E-state index contributed by atoms with van der Waals surface area (Å²) in [6.45, 7) is 5.17. The van der Waals surface area contributed by atoms with E-state index in [9.17, 15) is 0 Å². The highest BCUT2D eigenvalue weighted by Crippen LogP contribution is 2.35. The van der Waals surface area contributed by atoms with E-state index in [-0.39, 0.29) is 0 Å². The molecular formula is C25H28O. The van der Waals surface area contributed by atoms with Gasteiger partial charge < -0.3 is 4.74 Å². The molecule has 0 heterocycles. The van der Waals surface area contributed by atoms with Crippen molar-refractivity contribution in [1.82, 2.24) is 0 Å². The third-order valence-corrected chi connectivity index (χ3v) is 5.69. The maximum atomic E-state index is 5.80. The average molecular weight is 344 g/mol. The number of fused-ring (bicyclic) bond motifs is 2. The molecule has 1 aliphatic carbocycles. The fourth-order valence-electron chi connectivity index (χ4n) is 4.11. The van der Waals surface area contributed by atoms with Crippen LogP contribution in [0.3, 0.4) is 0 Å². The molecule has 134 valence electrons. The highest BCUT2D eigenvalue weighted by Gasteiger charge is 2.20. The largest absolute Gasteiger partial charge is 0.494 e. The quantitative estimate of drug-likeness (QED) is 0.516. The molecule has 0 amide bonds. The van der Waals surface area contributed by atoms with Crippen LogP contribution >= 0.6 is 0 Å². The van der Waals surface area contributed by atoms with Crippen LogP contribution in [0, 0.1) is 0 Å². The molecule has 1 atom stereocenters. The minimum atomic E-state index is 0.625. The SMILES string of the molecule is CCCOc1ccc2c(c1)CCC(c1ccc3cc(CC)ccc3c1)C2. The van der Waals surface area contributed by atoms with Gasteiger partial charge in [-0.25, -0.2) is 0 Å². The van der Waals surface area contributed by atoms with E-state index in [0.717, 1.165) is 38.0 Å². The Morgan fingerprint density at radius 3 is 2.58 bits per heavy atom. The van der Waals surface area contributed by atoms with Gasteiger partial charge in [-0.15, -0.1) is 0 Å². The van der Waals surface area contributed by atoms with Crippen LogP contribution in [0.2, 0.25) is 0 Å². The third kappa shape index (κ3) is 3.49. The molecule has 1 nitrogen and oxygen atoms in total.